The van der Waals surface area contributed by atoms with E-state index in [-0.39, 0.29) is 18.1 Å². The zero-order valence-electron chi connectivity index (χ0n) is 16.4. The van der Waals surface area contributed by atoms with Crippen molar-refractivity contribution in [1.82, 2.24) is 14.8 Å². The predicted molar refractivity (Wildman–Crippen MR) is 121 cm³/mol. The molecule has 1 aromatic heterocycles. The Kier molecular flexibility index (Phi) is 5.46. The molecule has 152 valence electrons. The Balaban J connectivity index is 1.62. The summed E-state index contributed by atoms with van der Waals surface area (Å²) in [4.78, 5) is 26.3. The Bertz CT molecular complexity index is 1180. The molecule has 0 radical (unpaired) electrons. The number of nitrogens with zero attached hydrogens (tertiary/aromatic N) is 2. The summed E-state index contributed by atoms with van der Waals surface area (Å²) in [5.41, 5.74) is 4.81. The second-order valence-corrected chi connectivity index (χ2v) is 8.39. The topological polar surface area (TPSA) is 54.3 Å². The van der Waals surface area contributed by atoms with Gasteiger partial charge in [0, 0.05) is 20.6 Å². The molecule has 30 heavy (non-hydrogen) atoms. The molecule has 1 N–H and O–H groups in total. The zero-order chi connectivity index (χ0) is 21.4. The van der Waals surface area contributed by atoms with Gasteiger partial charge in [-0.1, -0.05) is 18.2 Å². The molecule has 1 saturated heterocycles. The van der Waals surface area contributed by atoms with Crippen LogP contribution in [0.15, 0.2) is 60.3 Å². The van der Waals surface area contributed by atoms with Gasteiger partial charge < -0.3 is 9.88 Å². The van der Waals surface area contributed by atoms with Crippen LogP contribution in [0.25, 0.3) is 11.8 Å². The lowest BCUT2D eigenvalue weighted by Crippen LogP contribution is -2.30. The first-order valence-electron chi connectivity index (χ1n) is 9.37. The minimum absolute atomic E-state index is 0.0871. The quantitative estimate of drug-likeness (QED) is 0.305. The molecular formula is C23H19FIN3O2. The molecular weight excluding hydrogens is 496 g/mol. The summed E-state index contributed by atoms with van der Waals surface area (Å²) >= 11 is 2.28. The number of aromatic nitrogens is 1. The van der Waals surface area contributed by atoms with Crippen molar-refractivity contribution < 1.29 is 14.0 Å². The minimum Gasteiger partial charge on any atom is -0.318 e. The van der Waals surface area contributed by atoms with Crippen molar-refractivity contribution in [2.45, 2.75) is 20.4 Å². The van der Waals surface area contributed by atoms with Gasteiger partial charge >= 0.3 is 6.03 Å². The van der Waals surface area contributed by atoms with E-state index >= 15 is 0 Å². The first-order valence-corrected chi connectivity index (χ1v) is 10.5. The highest BCUT2D eigenvalue weighted by Gasteiger charge is 2.33. The number of imide groups is 1. The first-order chi connectivity index (χ1) is 14.3. The maximum atomic E-state index is 13.1. The van der Waals surface area contributed by atoms with Gasteiger partial charge in [0.1, 0.15) is 11.5 Å². The average molecular weight is 515 g/mol. The maximum absolute atomic E-state index is 13.1. The highest BCUT2D eigenvalue weighted by atomic mass is 127. The number of hydrogen-bond acceptors (Lipinski definition) is 2. The van der Waals surface area contributed by atoms with Crippen LogP contribution in [0.1, 0.15) is 22.5 Å². The zero-order valence-corrected chi connectivity index (χ0v) is 18.6. The highest BCUT2D eigenvalue weighted by molar-refractivity contribution is 14.1. The van der Waals surface area contributed by atoms with Crippen LogP contribution < -0.4 is 5.32 Å². The van der Waals surface area contributed by atoms with Gasteiger partial charge in [0.15, 0.2) is 0 Å². The standard InChI is InChI=1S/C23H19FIN3O2/c1-14-10-17(15(2)28(14)20-5-3-4-19(25)12-20)11-21-22(29)27(23(30)26-21)13-16-6-8-18(24)9-7-16/h3-12H,13H2,1-2H3,(H,26,30)/b21-11+. The Hall–Kier alpha value is -2.94. The summed E-state index contributed by atoms with van der Waals surface area (Å²) in [6, 6.07) is 15.4. The number of rotatable bonds is 4. The van der Waals surface area contributed by atoms with E-state index in [1.165, 1.54) is 12.1 Å². The molecule has 0 unspecified atom stereocenters. The Morgan fingerprint density at radius 3 is 2.50 bits per heavy atom. The molecule has 1 aliphatic rings. The number of benzene rings is 2. The van der Waals surface area contributed by atoms with Gasteiger partial charge in [-0.15, -0.1) is 0 Å². The van der Waals surface area contributed by atoms with Gasteiger partial charge in [-0.05, 0) is 90.0 Å². The first kappa shape index (κ1) is 20.3. The number of aryl methyl sites for hydroxylation is 1. The predicted octanol–water partition coefficient (Wildman–Crippen LogP) is 4.93. The van der Waals surface area contributed by atoms with E-state index in [9.17, 15) is 14.0 Å². The van der Waals surface area contributed by atoms with Crippen molar-refractivity contribution in [1.29, 1.82) is 0 Å². The van der Waals surface area contributed by atoms with E-state index < -0.39 is 11.9 Å². The number of nitrogens with one attached hydrogen (secondary N) is 1. The molecule has 0 saturated carbocycles. The lowest BCUT2D eigenvalue weighted by Gasteiger charge is -2.11. The second-order valence-electron chi connectivity index (χ2n) is 7.15. The molecule has 3 amide bonds. The fraction of sp³-hybridized carbons (Fsp3) is 0.130. The molecule has 0 bridgehead atoms. The minimum atomic E-state index is -0.484. The molecule has 5 nitrogen and oxygen atoms in total. The summed E-state index contributed by atoms with van der Waals surface area (Å²) in [7, 11) is 0. The molecule has 0 spiro atoms. The number of urea groups is 1. The van der Waals surface area contributed by atoms with Crippen molar-refractivity contribution >= 4 is 40.6 Å². The SMILES string of the molecule is Cc1cc(/C=C2/NC(=O)N(Cc3ccc(F)cc3)C2=O)c(C)n1-c1cccc(I)c1. The molecule has 4 rings (SSSR count). The molecule has 2 aromatic carbocycles. The Morgan fingerprint density at radius 2 is 1.80 bits per heavy atom. The maximum Gasteiger partial charge on any atom is 0.329 e. The van der Waals surface area contributed by atoms with Crippen LogP contribution in [-0.2, 0) is 11.3 Å². The summed E-state index contributed by atoms with van der Waals surface area (Å²) in [5, 5.41) is 2.65. The molecule has 3 aromatic rings. The number of carbonyl (C=O) groups excluding carboxylic acids is 2. The van der Waals surface area contributed by atoms with Gasteiger partial charge in [0.2, 0.25) is 0 Å². The van der Waals surface area contributed by atoms with Crippen LogP contribution in [0.5, 0.6) is 0 Å². The van der Waals surface area contributed by atoms with Crippen molar-refractivity contribution in [2.75, 3.05) is 0 Å². The summed E-state index contributed by atoms with van der Waals surface area (Å²) < 4.78 is 16.4. The van der Waals surface area contributed by atoms with Crippen LogP contribution in [0.4, 0.5) is 9.18 Å². The summed E-state index contributed by atoms with van der Waals surface area (Å²) in [6.45, 7) is 4.07. The third-order valence-corrected chi connectivity index (χ3v) is 5.72. The summed E-state index contributed by atoms with van der Waals surface area (Å²) in [5.74, 6) is -0.761. The van der Waals surface area contributed by atoms with Gasteiger partial charge in [-0.25, -0.2) is 9.18 Å². The van der Waals surface area contributed by atoms with Crippen LogP contribution >= 0.6 is 22.6 Å². The lowest BCUT2D eigenvalue weighted by atomic mass is 10.2. The molecule has 2 heterocycles. The average Bonchev–Trinajstić information content (AvgIpc) is 3.13. The fourth-order valence-electron chi connectivity index (χ4n) is 3.59. The van der Waals surface area contributed by atoms with E-state index in [2.05, 4.69) is 38.5 Å². The van der Waals surface area contributed by atoms with Crippen LogP contribution in [-0.4, -0.2) is 21.4 Å². The van der Waals surface area contributed by atoms with Crippen molar-refractivity contribution in [3.8, 4) is 5.69 Å². The number of carbonyl (C=O) groups is 2. The van der Waals surface area contributed by atoms with Crippen molar-refractivity contribution in [2.24, 2.45) is 0 Å². The normalized spacial score (nSPS) is 15.2. The Morgan fingerprint density at radius 1 is 1.07 bits per heavy atom. The summed E-state index contributed by atoms with van der Waals surface area (Å²) in [6.07, 6.45) is 1.71. The van der Waals surface area contributed by atoms with E-state index in [4.69, 9.17) is 0 Å². The van der Waals surface area contributed by atoms with Crippen molar-refractivity contribution in [3.63, 3.8) is 0 Å². The van der Waals surface area contributed by atoms with E-state index in [0.29, 0.717) is 5.56 Å². The molecule has 0 aliphatic carbocycles. The molecule has 1 aliphatic heterocycles. The van der Waals surface area contributed by atoms with Crippen LogP contribution in [0.3, 0.4) is 0 Å². The third kappa shape index (κ3) is 3.89. The second kappa shape index (κ2) is 8.06. The van der Waals surface area contributed by atoms with Gasteiger partial charge in [0.05, 0.1) is 6.54 Å². The van der Waals surface area contributed by atoms with E-state index in [1.807, 2.05) is 38.1 Å². The molecule has 1 fully saturated rings. The van der Waals surface area contributed by atoms with Gasteiger partial charge in [0.25, 0.3) is 5.91 Å². The fourth-order valence-corrected chi connectivity index (χ4v) is 4.12. The number of halogens is 2. The van der Waals surface area contributed by atoms with E-state index in [1.54, 1.807) is 18.2 Å². The van der Waals surface area contributed by atoms with Crippen molar-refractivity contribution in [3.05, 3.63) is 92.2 Å². The lowest BCUT2D eigenvalue weighted by molar-refractivity contribution is -0.123. The highest BCUT2D eigenvalue weighted by Crippen LogP contribution is 2.25. The van der Waals surface area contributed by atoms with Crippen LogP contribution in [0.2, 0.25) is 0 Å². The number of amides is 3. The van der Waals surface area contributed by atoms with Gasteiger partial charge in [-0.3, -0.25) is 9.69 Å². The van der Waals surface area contributed by atoms with Crippen LogP contribution in [0, 0.1) is 23.2 Å². The Labute approximate surface area is 187 Å². The number of hydrogen-bond donors (Lipinski definition) is 1. The third-order valence-electron chi connectivity index (χ3n) is 5.05. The van der Waals surface area contributed by atoms with E-state index in [0.717, 1.165) is 31.1 Å². The largest absolute Gasteiger partial charge is 0.329 e. The smallest absolute Gasteiger partial charge is 0.318 e. The molecule has 7 heteroatoms. The monoisotopic (exact) mass is 515 g/mol. The van der Waals surface area contributed by atoms with Gasteiger partial charge in [-0.2, -0.15) is 0 Å². The molecule has 0 atom stereocenters.